The molecule has 0 radical (unpaired) electrons. The van der Waals surface area contributed by atoms with Crippen LogP contribution in [0.1, 0.15) is 23.1 Å². The number of benzene rings is 1. The van der Waals surface area contributed by atoms with E-state index in [1.165, 1.54) is 11.1 Å². The summed E-state index contributed by atoms with van der Waals surface area (Å²) in [5, 5.41) is 0. The number of hydrogen-bond acceptors (Lipinski definition) is 4. The number of rotatable bonds is 4. The number of cyclic esters (lactones) is 1. The number of aryl methyl sites for hydroxylation is 2. The van der Waals surface area contributed by atoms with Gasteiger partial charge in [0.15, 0.2) is 11.6 Å². The van der Waals surface area contributed by atoms with Gasteiger partial charge in [0.2, 0.25) is 0 Å². The van der Waals surface area contributed by atoms with Crippen LogP contribution in [0, 0.1) is 6.92 Å². The number of carbonyl (C=O) groups excluding carboxylic acids is 1. The number of aliphatic imine (C=N–C) groups is 1. The third-order valence-corrected chi connectivity index (χ3v) is 3.36. The van der Waals surface area contributed by atoms with E-state index in [2.05, 4.69) is 35.1 Å². The first-order chi connectivity index (χ1) is 10.7. The van der Waals surface area contributed by atoms with Crippen LogP contribution in [0.4, 0.5) is 0 Å². The highest BCUT2D eigenvalue weighted by atomic mass is 16.6. The van der Waals surface area contributed by atoms with E-state index in [9.17, 15) is 4.79 Å². The molecule has 0 aliphatic carbocycles. The van der Waals surface area contributed by atoms with E-state index in [1.807, 2.05) is 18.2 Å². The molecule has 0 unspecified atom stereocenters. The summed E-state index contributed by atoms with van der Waals surface area (Å²) in [6.07, 6.45) is 6.47. The molecule has 1 aromatic heterocycles. The molecule has 4 nitrogen and oxygen atoms in total. The maximum atomic E-state index is 11.8. The maximum absolute atomic E-state index is 11.8. The molecule has 2 heterocycles. The molecule has 0 saturated carbocycles. The van der Waals surface area contributed by atoms with Gasteiger partial charge < -0.3 is 4.74 Å². The average Bonchev–Trinajstić information content (AvgIpc) is 2.87. The molecule has 1 aromatic carbocycles. The second-order valence-electron chi connectivity index (χ2n) is 5.20. The molecule has 4 heteroatoms. The summed E-state index contributed by atoms with van der Waals surface area (Å²) >= 11 is 0. The van der Waals surface area contributed by atoms with Gasteiger partial charge in [0, 0.05) is 18.8 Å². The van der Waals surface area contributed by atoms with Crippen molar-refractivity contribution in [2.75, 3.05) is 0 Å². The van der Waals surface area contributed by atoms with Gasteiger partial charge >= 0.3 is 5.97 Å². The fraction of sp³-hybridized carbons (Fsp3) is 0.167. The normalized spacial score (nSPS) is 15.8. The van der Waals surface area contributed by atoms with Crippen LogP contribution >= 0.6 is 0 Å². The summed E-state index contributed by atoms with van der Waals surface area (Å²) in [6.45, 7) is 2.06. The van der Waals surface area contributed by atoms with Crippen LogP contribution in [0.5, 0.6) is 0 Å². The summed E-state index contributed by atoms with van der Waals surface area (Å²) in [6, 6.07) is 12.0. The van der Waals surface area contributed by atoms with E-state index in [1.54, 1.807) is 18.5 Å². The quantitative estimate of drug-likeness (QED) is 0.641. The van der Waals surface area contributed by atoms with E-state index >= 15 is 0 Å². The SMILES string of the molecule is Cc1cccc(CCC2=N/C(=C/c3cccnc3)C(=O)O2)c1. The number of nitrogens with zero attached hydrogens (tertiary/aromatic N) is 2. The largest absolute Gasteiger partial charge is 0.407 e. The molecule has 0 saturated heterocycles. The van der Waals surface area contributed by atoms with Crippen LogP contribution in [0.25, 0.3) is 6.08 Å². The van der Waals surface area contributed by atoms with Gasteiger partial charge in [-0.15, -0.1) is 0 Å². The summed E-state index contributed by atoms with van der Waals surface area (Å²) in [4.78, 5) is 20.1. The van der Waals surface area contributed by atoms with E-state index in [4.69, 9.17) is 4.74 Å². The number of esters is 1. The molecule has 0 spiro atoms. The molecule has 0 N–H and O–H groups in total. The van der Waals surface area contributed by atoms with Crippen LogP contribution < -0.4 is 0 Å². The number of pyridine rings is 1. The van der Waals surface area contributed by atoms with Crippen LogP contribution in [-0.4, -0.2) is 16.9 Å². The molecular formula is C18H16N2O2. The highest BCUT2D eigenvalue weighted by molar-refractivity contribution is 6.07. The zero-order chi connectivity index (χ0) is 15.4. The Kier molecular flexibility index (Phi) is 4.10. The van der Waals surface area contributed by atoms with E-state index in [0.29, 0.717) is 18.0 Å². The topological polar surface area (TPSA) is 51.5 Å². The van der Waals surface area contributed by atoms with Gasteiger partial charge in [-0.1, -0.05) is 35.9 Å². The Bertz CT molecular complexity index is 749. The van der Waals surface area contributed by atoms with Gasteiger partial charge in [0.05, 0.1) is 0 Å². The Labute approximate surface area is 129 Å². The van der Waals surface area contributed by atoms with Crippen molar-refractivity contribution in [3.63, 3.8) is 0 Å². The molecular weight excluding hydrogens is 276 g/mol. The Hall–Kier alpha value is -2.75. The lowest BCUT2D eigenvalue weighted by Gasteiger charge is -2.01. The molecule has 0 atom stereocenters. The Morgan fingerprint density at radius 1 is 1.18 bits per heavy atom. The van der Waals surface area contributed by atoms with Crippen molar-refractivity contribution in [2.45, 2.75) is 19.8 Å². The fourth-order valence-electron chi connectivity index (χ4n) is 2.30. The summed E-state index contributed by atoms with van der Waals surface area (Å²) < 4.78 is 5.22. The predicted octanol–water partition coefficient (Wildman–Crippen LogP) is 3.32. The van der Waals surface area contributed by atoms with Crippen molar-refractivity contribution >= 4 is 17.9 Å². The molecule has 1 aliphatic heterocycles. The minimum absolute atomic E-state index is 0.326. The molecule has 2 aromatic rings. The van der Waals surface area contributed by atoms with Gasteiger partial charge in [-0.05, 0) is 36.6 Å². The van der Waals surface area contributed by atoms with Crippen molar-refractivity contribution in [3.8, 4) is 0 Å². The minimum atomic E-state index is -0.400. The Morgan fingerprint density at radius 2 is 2.09 bits per heavy atom. The number of aromatic nitrogens is 1. The zero-order valence-electron chi connectivity index (χ0n) is 12.3. The highest BCUT2D eigenvalue weighted by Gasteiger charge is 2.22. The van der Waals surface area contributed by atoms with Crippen molar-refractivity contribution in [2.24, 2.45) is 4.99 Å². The summed E-state index contributed by atoms with van der Waals surface area (Å²) in [7, 11) is 0. The molecule has 22 heavy (non-hydrogen) atoms. The lowest BCUT2D eigenvalue weighted by molar-refractivity contribution is -0.130. The molecule has 0 fully saturated rings. The first kappa shape index (κ1) is 14.2. The lowest BCUT2D eigenvalue weighted by Crippen LogP contribution is -2.05. The Morgan fingerprint density at radius 3 is 2.86 bits per heavy atom. The molecule has 0 bridgehead atoms. The standard InChI is InChI=1S/C18H16N2O2/c1-13-4-2-5-14(10-13)7-8-17-20-16(18(21)22-17)11-15-6-3-9-19-12-15/h2-6,9-12H,7-8H2,1H3/b16-11+. The van der Waals surface area contributed by atoms with Gasteiger partial charge in [-0.2, -0.15) is 0 Å². The lowest BCUT2D eigenvalue weighted by atomic mass is 10.1. The van der Waals surface area contributed by atoms with Gasteiger partial charge in [0.1, 0.15) is 0 Å². The number of carbonyl (C=O) groups is 1. The van der Waals surface area contributed by atoms with Crippen molar-refractivity contribution in [3.05, 3.63) is 71.2 Å². The van der Waals surface area contributed by atoms with Crippen LogP contribution in [0.15, 0.2) is 59.5 Å². The zero-order valence-corrected chi connectivity index (χ0v) is 12.3. The van der Waals surface area contributed by atoms with Gasteiger partial charge in [0.25, 0.3) is 0 Å². The second-order valence-corrected chi connectivity index (χ2v) is 5.20. The highest BCUT2D eigenvalue weighted by Crippen LogP contribution is 2.17. The van der Waals surface area contributed by atoms with Crippen LogP contribution in [-0.2, 0) is 16.0 Å². The minimum Gasteiger partial charge on any atom is -0.407 e. The predicted molar refractivity (Wildman–Crippen MR) is 85.2 cm³/mol. The second kappa shape index (κ2) is 6.35. The third kappa shape index (κ3) is 3.47. The third-order valence-electron chi connectivity index (χ3n) is 3.36. The first-order valence-corrected chi connectivity index (χ1v) is 7.18. The fourth-order valence-corrected chi connectivity index (χ4v) is 2.30. The maximum Gasteiger partial charge on any atom is 0.363 e. The van der Waals surface area contributed by atoms with Crippen molar-refractivity contribution < 1.29 is 9.53 Å². The first-order valence-electron chi connectivity index (χ1n) is 7.18. The monoisotopic (exact) mass is 292 g/mol. The summed E-state index contributed by atoms with van der Waals surface area (Å²) in [5.74, 6) is 0.0738. The van der Waals surface area contributed by atoms with Gasteiger partial charge in [-0.25, -0.2) is 9.79 Å². The van der Waals surface area contributed by atoms with Crippen molar-refractivity contribution in [1.29, 1.82) is 0 Å². The van der Waals surface area contributed by atoms with Gasteiger partial charge in [-0.3, -0.25) is 4.98 Å². The molecule has 0 amide bonds. The molecule has 1 aliphatic rings. The van der Waals surface area contributed by atoms with E-state index in [0.717, 1.165) is 12.0 Å². The molecule has 3 rings (SSSR count). The molecule has 110 valence electrons. The van der Waals surface area contributed by atoms with Crippen LogP contribution in [0.2, 0.25) is 0 Å². The Balaban J connectivity index is 1.69. The number of ether oxygens (including phenoxy) is 1. The number of hydrogen-bond donors (Lipinski definition) is 0. The summed E-state index contributed by atoms with van der Waals surface area (Å²) in [5.41, 5.74) is 3.59. The van der Waals surface area contributed by atoms with E-state index < -0.39 is 5.97 Å². The van der Waals surface area contributed by atoms with Crippen molar-refractivity contribution in [1.82, 2.24) is 4.98 Å². The smallest absolute Gasteiger partial charge is 0.363 e. The average molecular weight is 292 g/mol. The van der Waals surface area contributed by atoms with Crippen LogP contribution in [0.3, 0.4) is 0 Å². The van der Waals surface area contributed by atoms with E-state index in [-0.39, 0.29) is 0 Å².